The van der Waals surface area contributed by atoms with Crippen LogP contribution in [0.1, 0.15) is 11.1 Å². The van der Waals surface area contributed by atoms with E-state index in [2.05, 4.69) is 35.6 Å². The summed E-state index contributed by atoms with van der Waals surface area (Å²) >= 11 is 12.1. The molecule has 0 aliphatic heterocycles. The number of anilines is 1. The SMILES string of the molecule is COc1cccc(CNc2cccc3ccccc23)c1OCc1ccc(Cl)c(Cl)c1. The van der Waals surface area contributed by atoms with Crippen LogP contribution in [-0.2, 0) is 13.2 Å². The van der Waals surface area contributed by atoms with Crippen molar-refractivity contribution < 1.29 is 9.47 Å². The summed E-state index contributed by atoms with van der Waals surface area (Å²) in [5.74, 6) is 1.39. The Morgan fingerprint density at radius 2 is 1.63 bits per heavy atom. The van der Waals surface area contributed by atoms with E-state index in [-0.39, 0.29) is 0 Å². The lowest BCUT2D eigenvalue weighted by Crippen LogP contribution is -2.05. The quantitative estimate of drug-likeness (QED) is 0.327. The van der Waals surface area contributed by atoms with E-state index in [4.69, 9.17) is 32.7 Å². The number of hydrogen-bond acceptors (Lipinski definition) is 3. The highest BCUT2D eigenvalue weighted by atomic mass is 35.5. The van der Waals surface area contributed by atoms with Crippen LogP contribution in [0.25, 0.3) is 10.8 Å². The van der Waals surface area contributed by atoms with Gasteiger partial charge in [0.25, 0.3) is 0 Å². The molecule has 5 heteroatoms. The molecule has 0 heterocycles. The average Bonchev–Trinajstić information content (AvgIpc) is 2.78. The topological polar surface area (TPSA) is 30.5 Å². The highest BCUT2D eigenvalue weighted by Gasteiger charge is 2.12. The zero-order valence-corrected chi connectivity index (χ0v) is 18.0. The second kappa shape index (κ2) is 9.29. The maximum atomic E-state index is 6.15. The summed E-state index contributed by atoms with van der Waals surface area (Å²) in [4.78, 5) is 0. The van der Waals surface area contributed by atoms with Crippen molar-refractivity contribution in [2.45, 2.75) is 13.2 Å². The van der Waals surface area contributed by atoms with E-state index >= 15 is 0 Å². The van der Waals surface area contributed by atoms with E-state index in [1.54, 1.807) is 13.2 Å². The van der Waals surface area contributed by atoms with Crippen molar-refractivity contribution in [1.29, 1.82) is 0 Å². The van der Waals surface area contributed by atoms with Gasteiger partial charge in [-0.25, -0.2) is 0 Å². The number of benzene rings is 4. The van der Waals surface area contributed by atoms with Crippen LogP contribution < -0.4 is 14.8 Å². The van der Waals surface area contributed by atoms with E-state index in [9.17, 15) is 0 Å². The lowest BCUT2D eigenvalue weighted by Gasteiger charge is -2.17. The number of ether oxygens (including phenoxy) is 2. The number of fused-ring (bicyclic) bond motifs is 1. The van der Waals surface area contributed by atoms with Crippen molar-refractivity contribution in [3.8, 4) is 11.5 Å². The molecule has 0 bridgehead atoms. The molecular formula is C25H21Cl2NO2. The molecule has 1 N–H and O–H groups in total. The highest BCUT2D eigenvalue weighted by Crippen LogP contribution is 2.33. The lowest BCUT2D eigenvalue weighted by atomic mass is 10.1. The van der Waals surface area contributed by atoms with Gasteiger partial charge in [-0.15, -0.1) is 0 Å². The van der Waals surface area contributed by atoms with Gasteiger partial charge in [0.1, 0.15) is 6.61 Å². The van der Waals surface area contributed by atoms with Gasteiger partial charge in [0.05, 0.1) is 17.2 Å². The van der Waals surface area contributed by atoms with Crippen LogP contribution >= 0.6 is 23.2 Å². The van der Waals surface area contributed by atoms with Crippen LogP contribution in [0.3, 0.4) is 0 Å². The third kappa shape index (κ3) is 4.48. The second-order valence-electron chi connectivity index (χ2n) is 6.87. The molecule has 30 heavy (non-hydrogen) atoms. The van der Waals surface area contributed by atoms with Gasteiger partial charge in [-0.3, -0.25) is 0 Å². The zero-order chi connectivity index (χ0) is 20.9. The van der Waals surface area contributed by atoms with Crippen molar-refractivity contribution in [3.05, 3.63) is 100 Å². The van der Waals surface area contributed by atoms with Gasteiger partial charge in [0.15, 0.2) is 11.5 Å². The Kier molecular flexibility index (Phi) is 6.32. The van der Waals surface area contributed by atoms with E-state index < -0.39 is 0 Å². The third-order valence-electron chi connectivity index (χ3n) is 4.91. The number of rotatable bonds is 7. The van der Waals surface area contributed by atoms with E-state index in [1.807, 2.05) is 42.5 Å². The summed E-state index contributed by atoms with van der Waals surface area (Å²) in [7, 11) is 1.64. The Morgan fingerprint density at radius 3 is 2.47 bits per heavy atom. The molecule has 0 aliphatic carbocycles. The molecule has 4 aromatic carbocycles. The molecule has 0 saturated heterocycles. The van der Waals surface area contributed by atoms with Gasteiger partial charge >= 0.3 is 0 Å². The fraction of sp³-hybridized carbons (Fsp3) is 0.120. The first kappa shape index (κ1) is 20.4. The first-order valence-electron chi connectivity index (χ1n) is 9.60. The van der Waals surface area contributed by atoms with Crippen LogP contribution in [0, 0.1) is 0 Å². The molecule has 0 aromatic heterocycles. The molecule has 0 spiro atoms. The predicted molar refractivity (Wildman–Crippen MR) is 125 cm³/mol. The number of hydrogen-bond donors (Lipinski definition) is 1. The van der Waals surface area contributed by atoms with E-state index in [0.29, 0.717) is 34.7 Å². The Labute approximate surface area is 186 Å². The Hall–Kier alpha value is -2.88. The molecule has 4 rings (SSSR count). The number of methoxy groups -OCH3 is 1. The van der Waals surface area contributed by atoms with Gasteiger partial charge in [0.2, 0.25) is 0 Å². The zero-order valence-electron chi connectivity index (χ0n) is 16.5. The summed E-state index contributed by atoms with van der Waals surface area (Å²) in [5.41, 5.74) is 3.01. The number of halogens is 2. The number of para-hydroxylation sites is 1. The number of nitrogens with one attached hydrogen (secondary N) is 1. The molecule has 4 aromatic rings. The van der Waals surface area contributed by atoms with Crippen LogP contribution in [0.2, 0.25) is 10.0 Å². The molecule has 0 saturated carbocycles. The van der Waals surface area contributed by atoms with Crippen LogP contribution in [0.15, 0.2) is 78.9 Å². The highest BCUT2D eigenvalue weighted by molar-refractivity contribution is 6.42. The van der Waals surface area contributed by atoms with Crippen molar-refractivity contribution >= 4 is 39.7 Å². The van der Waals surface area contributed by atoms with Crippen molar-refractivity contribution in [3.63, 3.8) is 0 Å². The summed E-state index contributed by atoms with van der Waals surface area (Å²) < 4.78 is 11.7. The normalized spacial score (nSPS) is 10.8. The Morgan fingerprint density at radius 1 is 0.833 bits per heavy atom. The lowest BCUT2D eigenvalue weighted by molar-refractivity contribution is 0.281. The fourth-order valence-corrected chi connectivity index (χ4v) is 3.70. The minimum Gasteiger partial charge on any atom is -0.493 e. The molecule has 152 valence electrons. The molecule has 0 radical (unpaired) electrons. The van der Waals surface area contributed by atoms with E-state index in [1.165, 1.54) is 10.8 Å². The smallest absolute Gasteiger partial charge is 0.166 e. The Balaban J connectivity index is 1.56. The van der Waals surface area contributed by atoms with E-state index in [0.717, 1.165) is 16.8 Å². The summed E-state index contributed by atoms with van der Waals surface area (Å²) in [6.07, 6.45) is 0. The molecule has 0 aliphatic rings. The van der Waals surface area contributed by atoms with Crippen LogP contribution in [-0.4, -0.2) is 7.11 Å². The molecule has 0 amide bonds. The van der Waals surface area contributed by atoms with Crippen molar-refractivity contribution in [2.75, 3.05) is 12.4 Å². The van der Waals surface area contributed by atoms with Gasteiger partial charge in [0, 0.05) is 23.2 Å². The van der Waals surface area contributed by atoms with Gasteiger partial charge in [-0.1, -0.05) is 77.8 Å². The maximum absolute atomic E-state index is 6.15. The maximum Gasteiger partial charge on any atom is 0.166 e. The third-order valence-corrected chi connectivity index (χ3v) is 5.65. The second-order valence-corrected chi connectivity index (χ2v) is 7.68. The van der Waals surface area contributed by atoms with Crippen molar-refractivity contribution in [1.82, 2.24) is 0 Å². The summed E-state index contributed by atoms with van der Waals surface area (Å²) in [6.45, 7) is 0.959. The van der Waals surface area contributed by atoms with Gasteiger partial charge < -0.3 is 14.8 Å². The molecular weight excluding hydrogens is 417 g/mol. The largest absolute Gasteiger partial charge is 0.493 e. The van der Waals surface area contributed by atoms with Gasteiger partial charge in [-0.05, 0) is 35.2 Å². The summed E-state index contributed by atoms with van der Waals surface area (Å²) in [6, 6.07) is 25.9. The molecule has 0 fully saturated rings. The first-order valence-corrected chi connectivity index (χ1v) is 10.4. The predicted octanol–water partition coefficient (Wildman–Crippen LogP) is 7.35. The van der Waals surface area contributed by atoms with Crippen molar-refractivity contribution in [2.24, 2.45) is 0 Å². The van der Waals surface area contributed by atoms with Crippen LogP contribution in [0.5, 0.6) is 11.5 Å². The minimum atomic E-state index is 0.360. The monoisotopic (exact) mass is 437 g/mol. The molecule has 0 unspecified atom stereocenters. The average molecular weight is 438 g/mol. The van der Waals surface area contributed by atoms with Gasteiger partial charge in [-0.2, -0.15) is 0 Å². The van der Waals surface area contributed by atoms with Crippen LogP contribution in [0.4, 0.5) is 5.69 Å². The molecule has 0 atom stereocenters. The Bertz CT molecular complexity index is 1170. The summed E-state index contributed by atoms with van der Waals surface area (Å²) in [5, 5.41) is 6.95. The minimum absolute atomic E-state index is 0.360. The molecule has 3 nitrogen and oxygen atoms in total. The first-order chi connectivity index (χ1) is 14.7. The fourth-order valence-electron chi connectivity index (χ4n) is 3.38. The standard InChI is InChI=1S/C25H21Cl2NO2/c1-29-24-11-5-8-19(25(24)30-16-17-12-13-21(26)22(27)14-17)15-28-23-10-4-7-18-6-2-3-9-20(18)23/h2-14,28H,15-16H2,1H3.